The molecule has 2 aliphatic heterocycles. The van der Waals surface area contributed by atoms with Gasteiger partial charge in [-0.3, -0.25) is 10.1 Å². The molecule has 2 aliphatic rings. The Hall–Kier alpha value is -3.23. The van der Waals surface area contributed by atoms with Crippen LogP contribution in [0, 0.1) is 10.1 Å². The average molecular weight is 579 g/mol. The fraction of sp³-hybridized carbons (Fsp3) is 0.115. The summed E-state index contributed by atoms with van der Waals surface area (Å²) in [4.78, 5) is 11.0. The lowest BCUT2D eigenvalue weighted by molar-refractivity contribution is -0.385. The Morgan fingerprint density at radius 1 is 0.971 bits per heavy atom. The summed E-state index contributed by atoms with van der Waals surface area (Å²) in [7, 11) is 0. The van der Waals surface area contributed by atoms with Crippen molar-refractivity contribution in [2.24, 2.45) is 5.10 Å². The van der Waals surface area contributed by atoms with Crippen molar-refractivity contribution < 1.29 is 9.66 Å². The molecule has 8 heteroatoms. The third-order valence-electron chi connectivity index (χ3n) is 6.26. The van der Waals surface area contributed by atoms with E-state index in [-0.39, 0.29) is 11.7 Å². The highest BCUT2D eigenvalue weighted by atomic mass is 79.9. The first-order valence-corrected chi connectivity index (χ1v) is 12.3. The molecule has 2 unspecified atom stereocenters. The van der Waals surface area contributed by atoms with E-state index in [0.717, 1.165) is 36.9 Å². The molecular formula is C26H17Br2N3O3. The molecular weight excluding hydrogens is 562 g/mol. The average Bonchev–Trinajstić information content (AvgIpc) is 3.29. The van der Waals surface area contributed by atoms with Crippen LogP contribution in [0.4, 0.5) is 5.69 Å². The van der Waals surface area contributed by atoms with Crippen LogP contribution in [0.25, 0.3) is 10.8 Å². The summed E-state index contributed by atoms with van der Waals surface area (Å²) < 4.78 is 8.20. The predicted octanol–water partition coefficient (Wildman–Crippen LogP) is 7.52. The van der Waals surface area contributed by atoms with Gasteiger partial charge in [0.05, 0.1) is 21.1 Å². The summed E-state index contributed by atoms with van der Waals surface area (Å²) in [5.74, 6) is 0.732. The van der Waals surface area contributed by atoms with Crippen molar-refractivity contribution in [2.75, 3.05) is 0 Å². The van der Waals surface area contributed by atoms with Crippen molar-refractivity contribution in [1.29, 1.82) is 0 Å². The highest BCUT2D eigenvalue weighted by Gasteiger charge is 2.42. The number of ether oxygens (including phenoxy) is 1. The minimum absolute atomic E-state index is 0.0243. The summed E-state index contributed by atoms with van der Waals surface area (Å²) in [5, 5.41) is 20.7. The number of nitrogens with zero attached hydrogens (tertiary/aromatic N) is 3. The Balaban J connectivity index is 1.48. The van der Waals surface area contributed by atoms with Crippen molar-refractivity contribution >= 4 is 54.0 Å². The quantitative estimate of drug-likeness (QED) is 0.186. The highest BCUT2D eigenvalue weighted by Crippen LogP contribution is 2.51. The van der Waals surface area contributed by atoms with E-state index in [9.17, 15) is 10.1 Å². The third kappa shape index (κ3) is 3.58. The molecule has 2 atom stereocenters. The summed E-state index contributed by atoms with van der Waals surface area (Å²) in [6.07, 6.45) is 0.107. The zero-order chi connectivity index (χ0) is 23.4. The van der Waals surface area contributed by atoms with Crippen LogP contribution in [0.3, 0.4) is 0 Å². The second kappa shape index (κ2) is 8.21. The van der Waals surface area contributed by atoms with E-state index in [1.807, 2.05) is 29.3 Å². The van der Waals surface area contributed by atoms with Gasteiger partial charge in [-0.05, 0) is 50.5 Å². The highest BCUT2D eigenvalue weighted by molar-refractivity contribution is 9.11. The first-order valence-electron chi connectivity index (χ1n) is 10.7. The fourth-order valence-electron chi connectivity index (χ4n) is 4.67. The molecule has 0 saturated heterocycles. The molecule has 0 amide bonds. The molecule has 0 bridgehead atoms. The van der Waals surface area contributed by atoms with Gasteiger partial charge in [0.25, 0.3) is 5.69 Å². The number of hydrazone groups is 1. The Kier molecular flexibility index (Phi) is 5.15. The molecule has 34 heavy (non-hydrogen) atoms. The van der Waals surface area contributed by atoms with E-state index in [1.165, 1.54) is 11.5 Å². The lowest BCUT2D eigenvalue weighted by atomic mass is 9.95. The maximum atomic E-state index is 11.4. The largest absolute Gasteiger partial charge is 0.463 e. The molecule has 0 aliphatic carbocycles. The lowest BCUT2D eigenvalue weighted by Crippen LogP contribution is -2.34. The molecule has 168 valence electrons. The second-order valence-electron chi connectivity index (χ2n) is 8.34. The molecule has 4 aromatic rings. The van der Waals surface area contributed by atoms with Gasteiger partial charge >= 0.3 is 0 Å². The van der Waals surface area contributed by atoms with E-state index in [2.05, 4.69) is 68.3 Å². The fourth-order valence-corrected chi connectivity index (χ4v) is 6.02. The van der Waals surface area contributed by atoms with Gasteiger partial charge in [-0.15, -0.1) is 0 Å². The molecule has 0 spiro atoms. The van der Waals surface area contributed by atoms with Gasteiger partial charge in [-0.25, -0.2) is 5.01 Å². The van der Waals surface area contributed by atoms with Gasteiger partial charge in [-0.1, -0.05) is 64.5 Å². The number of nitro benzene ring substituents is 1. The van der Waals surface area contributed by atoms with E-state index >= 15 is 0 Å². The van der Waals surface area contributed by atoms with Crippen LogP contribution in [0.1, 0.15) is 35.4 Å². The van der Waals surface area contributed by atoms with E-state index in [1.54, 1.807) is 12.1 Å². The van der Waals surface area contributed by atoms with Crippen molar-refractivity contribution in [3.8, 4) is 5.75 Å². The summed E-state index contributed by atoms with van der Waals surface area (Å²) >= 11 is 7.23. The van der Waals surface area contributed by atoms with Crippen LogP contribution in [0.2, 0.25) is 0 Å². The van der Waals surface area contributed by atoms with Gasteiger partial charge in [0.2, 0.25) is 6.23 Å². The maximum absolute atomic E-state index is 11.4. The lowest BCUT2D eigenvalue weighted by Gasteiger charge is -2.38. The third-order valence-corrected chi connectivity index (χ3v) is 7.30. The number of nitro groups is 1. The first-order chi connectivity index (χ1) is 16.5. The number of rotatable bonds is 3. The van der Waals surface area contributed by atoms with E-state index in [0.29, 0.717) is 12.0 Å². The Morgan fingerprint density at radius 2 is 1.79 bits per heavy atom. The number of hydrogen-bond donors (Lipinski definition) is 0. The molecule has 4 aromatic carbocycles. The van der Waals surface area contributed by atoms with Crippen LogP contribution < -0.4 is 4.74 Å². The molecule has 0 fully saturated rings. The Bertz CT molecular complexity index is 1500. The molecule has 2 heterocycles. The van der Waals surface area contributed by atoms with Crippen LogP contribution in [0.15, 0.2) is 92.9 Å². The number of hydrogen-bond acceptors (Lipinski definition) is 5. The minimum Gasteiger partial charge on any atom is -0.463 e. The molecule has 0 radical (unpaired) electrons. The Labute approximate surface area is 212 Å². The van der Waals surface area contributed by atoms with Crippen LogP contribution in [0.5, 0.6) is 5.75 Å². The smallest absolute Gasteiger partial charge is 0.269 e. The second-order valence-corrected chi connectivity index (χ2v) is 10.1. The summed E-state index contributed by atoms with van der Waals surface area (Å²) in [5.41, 5.74) is 3.74. The van der Waals surface area contributed by atoms with Crippen molar-refractivity contribution in [2.45, 2.75) is 18.7 Å². The van der Waals surface area contributed by atoms with Crippen LogP contribution in [-0.2, 0) is 0 Å². The number of halogens is 2. The molecule has 0 N–H and O–H groups in total. The van der Waals surface area contributed by atoms with E-state index in [4.69, 9.17) is 9.84 Å². The standard InChI is InChI=1S/C26H17Br2N3O3/c27-19-12-21-24-14-23(17-9-8-15-4-1-2-5-16(15)10-17)29-30(24)26(34-25(21)22(28)13-19)18-6-3-7-20(11-18)31(32)33/h1-13,24,26H,14H2. The topological polar surface area (TPSA) is 68.0 Å². The molecule has 6 rings (SSSR count). The van der Waals surface area contributed by atoms with Crippen molar-refractivity contribution in [3.05, 3.63) is 115 Å². The minimum atomic E-state index is -0.590. The molecule has 0 aromatic heterocycles. The number of fused-ring (bicyclic) bond motifs is 4. The predicted molar refractivity (Wildman–Crippen MR) is 138 cm³/mol. The van der Waals surface area contributed by atoms with Gasteiger partial charge in [0.15, 0.2) is 0 Å². The van der Waals surface area contributed by atoms with Crippen molar-refractivity contribution in [3.63, 3.8) is 0 Å². The van der Waals surface area contributed by atoms with Gasteiger partial charge in [-0.2, -0.15) is 5.10 Å². The van der Waals surface area contributed by atoms with E-state index < -0.39 is 11.2 Å². The van der Waals surface area contributed by atoms with Crippen LogP contribution in [-0.4, -0.2) is 15.6 Å². The summed E-state index contributed by atoms with van der Waals surface area (Å²) in [6, 6.07) is 25.1. The van der Waals surface area contributed by atoms with Gasteiger partial charge < -0.3 is 4.74 Å². The zero-order valence-corrected chi connectivity index (χ0v) is 20.9. The van der Waals surface area contributed by atoms with Crippen LogP contribution >= 0.6 is 31.9 Å². The number of non-ortho nitro benzene ring substituents is 1. The Morgan fingerprint density at radius 3 is 2.62 bits per heavy atom. The zero-order valence-electron chi connectivity index (χ0n) is 17.7. The van der Waals surface area contributed by atoms with Gasteiger partial charge in [0.1, 0.15) is 5.75 Å². The SMILES string of the molecule is O=[N+]([O-])c1cccc(C2Oc3c(Br)cc(Br)cc3C3CC(c4ccc5ccccc5c4)=NN32)c1. The van der Waals surface area contributed by atoms with Crippen molar-refractivity contribution in [1.82, 2.24) is 5.01 Å². The first kappa shape index (κ1) is 21.3. The van der Waals surface area contributed by atoms with Gasteiger partial charge in [0, 0.05) is 34.2 Å². The molecule has 0 saturated carbocycles. The molecule has 6 nitrogen and oxygen atoms in total. The number of benzene rings is 4. The maximum Gasteiger partial charge on any atom is 0.269 e. The summed E-state index contributed by atoms with van der Waals surface area (Å²) in [6.45, 7) is 0. The monoisotopic (exact) mass is 577 g/mol. The normalized spacial score (nSPS) is 18.8.